The molecule has 2 aromatic rings. The number of aryl methyl sites for hydroxylation is 3. The average Bonchev–Trinajstić information content (AvgIpc) is 2.23. The van der Waals surface area contributed by atoms with E-state index in [4.69, 9.17) is 0 Å². The van der Waals surface area contributed by atoms with E-state index in [-0.39, 0.29) is 0 Å². The van der Waals surface area contributed by atoms with Crippen LogP contribution in [0.25, 0.3) is 10.9 Å². The maximum Gasteiger partial charge on any atom is 0.0757 e. The fraction of sp³-hybridized carbons (Fsp3) is 0.357. The smallest absolute Gasteiger partial charge is 0.0757 e. The lowest BCUT2D eigenvalue weighted by Crippen LogP contribution is -2.01. The Balaban J connectivity index is 2.83. The standard InChI is InChI=1S/C14H18N2/c1-5-15-12-8-11(4)16-14-10(3)7-6-9(2)13(12)14/h6-8H,5H2,1-4H3,(H,15,16). The van der Waals surface area contributed by atoms with E-state index in [1.807, 2.05) is 6.92 Å². The van der Waals surface area contributed by atoms with E-state index < -0.39 is 0 Å². The summed E-state index contributed by atoms with van der Waals surface area (Å²) in [6.07, 6.45) is 0. The van der Waals surface area contributed by atoms with E-state index >= 15 is 0 Å². The van der Waals surface area contributed by atoms with Crippen molar-refractivity contribution in [2.75, 3.05) is 11.9 Å². The molecule has 16 heavy (non-hydrogen) atoms. The molecule has 1 aromatic carbocycles. The van der Waals surface area contributed by atoms with Crippen LogP contribution in [0.5, 0.6) is 0 Å². The maximum absolute atomic E-state index is 4.64. The molecule has 0 atom stereocenters. The molecule has 0 radical (unpaired) electrons. The number of hydrogen-bond acceptors (Lipinski definition) is 2. The van der Waals surface area contributed by atoms with Crippen molar-refractivity contribution in [2.24, 2.45) is 0 Å². The van der Waals surface area contributed by atoms with Crippen LogP contribution in [0.15, 0.2) is 18.2 Å². The van der Waals surface area contributed by atoms with E-state index in [1.165, 1.54) is 22.2 Å². The SMILES string of the molecule is CCNc1cc(C)nc2c(C)ccc(C)c12. The highest BCUT2D eigenvalue weighted by Crippen LogP contribution is 2.28. The highest BCUT2D eigenvalue weighted by Gasteiger charge is 2.07. The molecule has 2 heteroatoms. The van der Waals surface area contributed by atoms with E-state index in [0.717, 1.165) is 17.8 Å². The number of benzene rings is 1. The molecule has 0 fully saturated rings. The molecule has 2 rings (SSSR count). The Labute approximate surface area is 96.7 Å². The molecule has 0 unspecified atom stereocenters. The van der Waals surface area contributed by atoms with Gasteiger partial charge in [0.25, 0.3) is 0 Å². The van der Waals surface area contributed by atoms with Crippen molar-refractivity contribution in [1.29, 1.82) is 0 Å². The van der Waals surface area contributed by atoms with E-state index in [0.29, 0.717) is 0 Å². The molecule has 0 bridgehead atoms. The van der Waals surface area contributed by atoms with Gasteiger partial charge in [0.15, 0.2) is 0 Å². The van der Waals surface area contributed by atoms with Gasteiger partial charge in [0.1, 0.15) is 0 Å². The topological polar surface area (TPSA) is 24.9 Å². The van der Waals surface area contributed by atoms with Crippen molar-refractivity contribution in [1.82, 2.24) is 4.98 Å². The van der Waals surface area contributed by atoms with Gasteiger partial charge in [-0.25, -0.2) is 0 Å². The Hall–Kier alpha value is -1.57. The first kappa shape index (κ1) is 10.9. The lowest BCUT2D eigenvalue weighted by molar-refractivity contribution is 1.19. The van der Waals surface area contributed by atoms with Crippen LogP contribution in [0.3, 0.4) is 0 Å². The zero-order chi connectivity index (χ0) is 11.7. The van der Waals surface area contributed by atoms with Crippen LogP contribution in [-0.4, -0.2) is 11.5 Å². The number of anilines is 1. The van der Waals surface area contributed by atoms with Crippen molar-refractivity contribution in [3.8, 4) is 0 Å². The molecule has 2 nitrogen and oxygen atoms in total. The van der Waals surface area contributed by atoms with E-state index in [9.17, 15) is 0 Å². The summed E-state index contributed by atoms with van der Waals surface area (Å²) < 4.78 is 0. The molecule has 0 amide bonds. The number of fused-ring (bicyclic) bond motifs is 1. The molecule has 0 spiro atoms. The molecule has 0 aliphatic carbocycles. The van der Waals surface area contributed by atoms with Crippen LogP contribution >= 0.6 is 0 Å². The summed E-state index contributed by atoms with van der Waals surface area (Å²) in [4.78, 5) is 4.64. The summed E-state index contributed by atoms with van der Waals surface area (Å²) in [5.74, 6) is 0. The van der Waals surface area contributed by atoms with Gasteiger partial charge < -0.3 is 5.32 Å². The summed E-state index contributed by atoms with van der Waals surface area (Å²) in [7, 11) is 0. The van der Waals surface area contributed by atoms with Crippen LogP contribution in [0.2, 0.25) is 0 Å². The minimum Gasteiger partial charge on any atom is -0.385 e. The highest BCUT2D eigenvalue weighted by atomic mass is 14.9. The summed E-state index contributed by atoms with van der Waals surface area (Å²) in [5, 5.41) is 4.68. The van der Waals surface area contributed by atoms with Gasteiger partial charge in [0.2, 0.25) is 0 Å². The number of nitrogens with one attached hydrogen (secondary N) is 1. The highest BCUT2D eigenvalue weighted by molar-refractivity contribution is 5.95. The van der Waals surface area contributed by atoms with Crippen LogP contribution in [0.1, 0.15) is 23.7 Å². The minimum absolute atomic E-state index is 0.936. The third-order valence-electron chi connectivity index (χ3n) is 2.87. The van der Waals surface area contributed by atoms with Crippen LogP contribution in [0, 0.1) is 20.8 Å². The van der Waals surface area contributed by atoms with E-state index in [1.54, 1.807) is 0 Å². The average molecular weight is 214 g/mol. The van der Waals surface area contributed by atoms with Crippen molar-refractivity contribution in [2.45, 2.75) is 27.7 Å². The van der Waals surface area contributed by atoms with Crippen molar-refractivity contribution < 1.29 is 0 Å². The Morgan fingerprint density at radius 3 is 2.50 bits per heavy atom. The summed E-state index contributed by atoms with van der Waals surface area (Å²) >= 11 is 0. The van der Waals surface area contributed by atoms with Gasteiger partial charge >= 0.3 is 0 Å². The number of nitrogens with zero attached hydrogens (tertiary/aromatic N) is 1. The first-order valence-corrected chi connectivity index (χ1v) is 5.75. The predicted molar refractivity (Wildman–Crippen MR) is 70.1 cm³/mol. The van der Waals surface area contributed by atoms with E-state index in [2.05, 4.69) is 49.3 Å². The lowest BCUT2D eigenvalue weighted by atomic mass is 10.0. The molecule has 84 valence electrons. The molecule has 1 N–H and O–H groups in total. The van der Waals surface area contributed by atoms with Gasteiger partial charge in [0.05, 0.1) is 5.52 Å². The van der Waals surface area contributed by atoms with Gasteiger partial charge in [-0.2, -0.15) is 0 Å². The third kappa shape index (κ3) is 1.75. The fourth-order valence-electron chi connectivity index (χ4n) is 2.10. The number of rotatable bonds is 2. The van der Waals surface area contributed by atoms with Gasteiger partial charge in [-0.1, -0.05) is 12.1 Å². The molecule has 0 saturated carbocycles. The minimum atomic E-state index is 0.936. The second kappa shape index (κ2) is 4.12. The zero-order valence-electron chi connectivity index (χ0n) is 10.4. The van der Waals surface area contributed by atoms with Gasteiger partial charge in [0, 0.05) is 23.3 Å². The molecule has 0 aliphatic rings. The normalized spacial score (nSPS) is 10.8. The first-order chi connectivity index (χ1) is 7.63. The lowest BCUT2D eigenvalue weighted by Gasteiger charge is -2.12. The van der Waals surface area contributed by atoms with Crippen molar-refractivity contribution >= 4 is 16.6 Å². The summed E-state index contributed by atoms with van der Waals surface area (Å²) in [5.41, 5.74) is 5.91. The summed E-state index contributed by atoms with van der Waals surface area (Å²) in [6, 6.07) is 6.42. The van der Waals surface area contributed by atoms with Crippen LogP contribution in [-0.2, 0) is 0 Å². The number of hydrogen-bond donors (Lipinski definition) is 1. The zero-order valence-corrected chi connectivity index (χ0v) is 10.4. The molecule has 1 aromatic heterocycles. The Morgan fingerprint density at radius 2 is 1.81 bits per heavy atom. The van der Waals surface area contributed by atoms with Crippen LogP contribution in [0.4, 0.5) is 5.69 Å². The fourth-order valence-corrected chi connectivity index (χ4v) is 2.10. The molecule has 0 saturated heterocycles. The van der Waals surface area contributed by atoms with Gasteiger partial charge in [-0.3, -0.25) is 4.98 Å². The van der Waals surface area contributed by atoms with Crippen molar-refractivity contribution in [3.63, 3.8) is 0 Å². The number of pyridine rings is 1. The number of aromatic nitrogens is 1. The van der Waals surface area contributed by atoms with Gasteiger partial charge in [-0.05, 0) is 44.9 Å². The second-order valence-corrected chi connectivity index (χ2v) is 4.26. The van der Waals surface area contributed by atoms with Crippen LogP contribution < -0.4 is 5.32 Å². The monoisotopic (exact) mass is 214 g/mol. The molecule has 1 heterocycles. The summed E-state index contributed by atoms with van der Waals surface area (Å²) in [6.45, 7) is 9.35. The third-order valence-corrected chi connectivity index (χ3v) is 2.87. The Bertz CT molecular complexity index is 530. The molecule has 0 aliphatic heterocycles. The molecular weight excluding hydrogens is 196 g/mol. The Kier molecular flexibility index (Phi) is 2.82. The molecular formula is C14H18N2. The Morgan fingerprint density at radius 1 is 1.12 bits per heavy atom. The maximum atomic E-state index is 4.64. The van der Waals surface area contributed by atoms with Gasteiger partial charge in [-0.15, -0.1) is 0 Å². The largest absolute Gasteiger partial charge is 0.385 e. The quantitative estimate of drug-likeness (QED) is 0.826. The first-order valence-electron chi connectivity index (χ1n) is 5.75. The predicted octanol–water partition coefficient (Wildman–Crippen LogP) is 3.59. The second-order valence-electron chi connectivity index (χ2n) is 4.26. The van der Waals surface area contributed by atoms with Crippen molar-refractivity contribution in [3.05, 3.63) is 35.0 Å².